The van der Waals surface area contributed by atoms with Crippen LogP contribution in [0.25, 0.3) is 0 Å². The molecule has 0 aliphatic carbocycles. The van der Waals surface area contributed by atoms with E-state index in [1.54, 1.807) is 0 Å². The first-order valence-corrected chi connectivity index (χ1v) is 3.11. The Morgan fingerprint density at radius 2 is 1.42 bits per heavy atom. The van der Waals surface area contributed by atoms with E-state index in [1.807, 2.05) is 0 Å². The zero-order valence-corrected chi connectivity index (χ0v) is 6.77. The first-order valence-electron chi connectivity index (χ1n) is 3.11. The van der Waals surface area contributed by atoms with Gasteiger partial charge in [0, 0.05) is 0 Å². The minimum Gasteiger partial charge on any atom is -0.509 e. The van der Waals surface area contributed by atoms with Crippen molar-refractivity contribution in [3.8, 4) is 0 Å². The van der Waals surface area contributed by atoms with Gasteiger partial charge in [-0.1, -0.05) is 0 Å². The van der Waals surface area contributed by atoms with Crippen LogP contribution in [-0.4, -0.2) is 16.4 Å². The molecule has 5 heteroatoms. The molecule has 0 aliphatic heterocycles. The lowest BCUT2D eigenvalue weighted by Gasteiger charge is -1.96. The van der Waals surface area contributed by atoms with E-state index in [0.29, 0.717) is 0 Å². The lowest BCUT2D eigenvalue weighted by molar-refractivity contribution is 0.114. The van der Waals surface area contributed by atoms with E-state index in [0.717, 1.165) is 12.5 Å². The number of carbonyl (C=O) groups is 1. The standard InChI is InChI=1S/C7H10O5/c1-5(8)3-11-7(10)12-4-6(2)9/h3-4,8-9H,1-2H3. The van der Waals surface area contributed by atoms with Gasteiger partial charge in [-0.15, -0.1) is 0 Å². The molecule has 0 aromatic heterocycles. The molecule has 0 saturated carbocycles. The predicted molar refractivity (Wildman–Crippen MR) is 40.3 cm³/mol. The molecule has 12 heavy (non-hydrogen) atoms. The number of allylic oxidation sites excluding steroid dienone is 2. The second-order valence-corrected chi connectivity index (χ2v) is 2.00. The molecule has 2 N–H and O–H groups in total. The van der Waals surface area contributed by atoms with Crippen molar-refractivity contribution in [1.29, 1.82) is 0 Å². The summed E-state index contributed by atoms with van der Waals surface area (Å²) < 4.78 is 8.45. The molecule has 0 aromatic rings. The quantitative estimate of drug-likeness (QED) is 0.494. The summed E-state index contributed by atoms with van der Waals surface area (Å²) in [5.41, 5.74) is 0. The first kappa shape index (κ1) is 10.3. The highest BCUT2D eigenvalue weighted by molar-refractivity contribution is 5.61. The van der Waals surface area contributed by atoms with E-state index in [9.17, 15) is 4.79 Å². The van der Waals surface area contributed by atoms with Crippen molar-refractivity contribution in [2.75, 3.05) is 0 Å². The molecule has 0 radical (unpaired) electrons. The van der Waals surface area contributed by atoms with Gasteiger partial charge in [0.1, 0.15) is 24.0 Å². The number of hydrogen-bond acceptors (Lipinski definition) is 5. The number of carbonyl (C=O) groups excluding carboxylic acids is 1. The average molecular weight is 174 g/mol. The highest BCUT2D eigenvalue weighted by Crippen LogP contribution is 1.93. The maximum absolute atomic E-state index is 10.5. The van der Waals surface area contributed by atoms with Crippen LogP contribution in [0.15, 0.2) is 24.0 Å². The van der Waals surface area contributed by atoms with Crippen LogP contribution in [0, 0.1) is 0 Å². The Morgan fingerprint density at radius 3 is 1.67 bits per heavy atom. The zero-order valence-electron chi connectivity index (χ0n) is 6.77. The molecule has 0 bridgehead atoms. The summed E-state index contributed by atoms with van der Waals surface area (Å²) in [5, 5.41) is 17.1. The largest absolute Gasteiger partial charge is 0.518 e. The Kier molecular flexibility index (Phi) is 4.36. The Hall–Kier alpha value is -1.65. The molecule has 0 atom stereocenters. The molecule has 0 unspecified atom stereocenters. The first-order chi connectivity index (χ1) is 5.52. The van der Waals surface area contributed by atoms with Crippen LogP contribution in [0.1, 0.15) is 13.8 Å². The molecule has 0 rings (SSSR count). The van der Waals surface area contributed by atoms with E-state index < -0.39 is 6.16 Å². The van der Waals surface area contributed by atoms with Gasteiger partial charge in [-0.05, 0) is 13.8 Å². The van der Waals surface area contributed by atoms with Crippen molar-refractivity contribution in [2.45, 2.75) is 13.8 Å². The number of rotatable bonds is 2. The second kappa shape index (κ2) is 5.06. The van der Waals surface area contributed by atoms with E-state index in [2.05, 4.69) is 9.47 Å². The fourth-order valence-electron chi connectivity index (χ4n) is 0.295. The van der Waals surface area contributed by atoms with Crippen molar-refractivity contribution >= 4 is 6.16 Å². The number of aliphatic hydroxyl groups excluding tert-OH is 2. The molecular weight excluding hydrogens is 164 g/mol. The van der Waals surface area contributed by atoms with E-state index in [1.165, 1.54) is 13.8 Å². The van der Waals surface area contributed by atoms with E-state index in [-0.39, 0.29) is 11.5 Å². The summed E-state index contributed by atoms with van der Waals surface area (Å²) in [5.74, 6) is -0.312. The lowest BCUT2D eigenvalue weighted by atomic mass is 10.6. The van der Waals surface area contributed by atoms with Crippen LogP contribution in [0.2, 0.25) is 0 Å². The Morgan fingerprint density at radius 1 is 1.08 bits per heavy atom. The van der Waals surface area contributed by atoms with Crippen LogP contribution >= 0.6 is 0 Å². The molecule has 0 saturated heterocycles. The minimum atomic E-state index is -1.03. The van der Waals surface area contributed by atoms with Crippen molar-refractivity contribution in [3.63, 3.8) is 0 Å². The Labute approximate surface area is 69.5 Å². The third-order valence-electron chi connectivity index (χ3n) is 0.651. The van der Waals surface area contributed by atoms with Gasteiger partial charge >= 0.3 is 6.16 Å². The van der Waals surface area contributed by atoms with Crippen molar-refractivity contribution in [1.82, 2.24) is 0 Å². The van der Waals surface area contributed by atoms with Crippen LogP contribution in [0.3, 0.4) is 0 Å². The second-order valence-electron chi connectivity index (χ2n) is 2.00. The summed E-state index contributed by atoms with van der Waals surface area (Å²) >= 11 is 0. The summed E-state index contributed by atoms with van der Waals surface area (Å²) in [6, 6.07) is 0. The van der Waals surface area contributed by atoms with Crippen LogP contribution in [-0.2, 0) is 9.47 Å². The molecule has 0 spiro atoms. The Bertz CT molecular complexity index is 186. The fraction of sp³-hybridized carbons (Fsp3) is 0.286. The minimum absolute atomic E-state index is 0.156. The predicted octanol–water partition coefficient (Wildman–Crippen LogP) is 1.98. The summed E-state index contributed by atoms with van der Waals surface area (Å²) in [6.07, 6.45) is 0.614. The van der Waals surface area contributed by atoms with E-state index in [4.69, 9.17) is 10.2 Å². The molecule has 0 amide bonds. The molecule has 0 heterocycles. The van der Waals surface area contributed by atoms with Crippen LogP contribution in [0.4, 0.5) is 4.79 Å². The Balaban J connectivity index is 3.76. The number of hydrogen-bond donors (Lipinski definition) is 2. The topological polar surface area (TPSA) is 76.0 Å². The molecule has 0 fully saturated rings. The van der Waals surface area contributed by atoms with Gasteiger partial charge in [0.2, 0.25) is 0 Å². The highest BCUT2D eigenvalue weighted by Gasteiger charge is 1.99. The average Bonchev–Trinajstić information content (AvgIpc) is 1.96. The van der Waals surface area contributed by atoms with Gasteiger partial charge in [0.25, 0.3) is 0 Å². The van der Waals surface area contributed by atoms with Gasteiger partial charge in [0.05, 0.1) is 0 Å². The number of aliphatic hydroxyl groups is 2. The van der Waals surface area contributed by atoms with E-state index >= 15 is 0 Å². The summed E-state index contributed by atoms with van der Waals surface area (Å²) in [4.78, 5) is 10.5. The zero-order chi connectivity index (χ0) is 9.56. The lowest BCUT2D eigenvalue weighted by Crippen LogP contribution is -1.99. The van der Waals surface area contributed by atoms with Gasteiger partial charge in [-0.3, -0.25) is 0 Å². The smallest absolute Gasteiger partial charge is 0.509 e. The number of ether oxygens (including phenoxy) is 2. The monoisotopic (exact) mass is 174 g/mol. The van der Waals surface area contributed by atoms with Crippen LogP contribution < -0.4 is 0 Å². The highest BCUT2D eigenvalue weighted by atomic mass is 16.7. The normalized spacial score (nSPS) is 12.5. The van der Waals surface area contributed by atoms with Gasteiger partial charge < -0.3 is 19.7 Å². The summed E-state index contributed by atoms with van der Waals surface area (Å²) in [7, 11) is 0. The molecule has 5 nitrogen and oxygen atoms in total. The molecule has 0 aliphatic rings. The van der Waals surface area contributed by atoms with Crippen LogP contribution in [0.5, 0.6) is 0 Å². The maximum atomic E-state index is 10.5. The molecule has 68 valence electrons. The van der Waals surface area contributed by atoms with Gasteiger partial charge in [-0.2, -0.15) is 0 Å². The third kappa shape index (κ3) is 6.47. The fourth-order valence-corrected chi connectivity index (χ4v) is 0.295. The summed E-state index contributed by atoms with van der Waals surface area (Å²) in [6.45, 7) is 2.67. The van der Waals surface area contributed by atoms with Gasteiger partial charge in [-0.25, -0.2) is 4.79 Å². The van der Waals surface area contributed by atoms with Crippen molar-refractivity contribution in [3.05, 3.63) is 24.0 Å². The third-order valence-corrected chi connectivity index (χ3v) is 0.651. The van der Waals surface area contributed by atoms with Crippen molar-refractivity contribution in [2.24, 2.45) is 0 Å². The molecular formula is C7H10O5. The maximum Gasteiger partial charge on any atom is 0.518 e. The van der Waals surface area contributed by atoms with Crippen molar-refractivity contribution < 1.29 is 24.5 Å². The SMILES string of the molecule is CC(O)=COC(=O)OC=C(C)O. The van der Waals surface area contributed by atoms with Gasteiger partial charge in [0.15, 0.2) is 0 Å². The molecule has 0 aromatic carbocycles.